The van der Waals surface area contributed by atoms with Gasteiger partial charge in [-0.05, 0) is 37.7 Å². The molecular formula is C23H30N4O2S. The summed E-state index contributed by atoms with van der Waals surface area (Å²) < 4.78 is 0. The number of nitrogens with one attached hydrogen (secondary N) is 1. The Morgan fingerprint density at radius 1 is 1.17 bits per heavy atom. The Kier molecular flexibility index (Phi) is 6.67. The van der Waals surface area contributed by atoms with Gasteiger partial charge in [0.2, 0.25) is 11.8 Å². The molecule has 1 aromatic carbocycles. The summed E-state index contributed by atoms with van der Waals surface area (Å²) in [6, 6.07) is 10.4. The molecule has 1 fully saturated rings. The molecule has 30 heavy (non-hydrogen) atoms. The highest BCUT2D eigenvalue weighted by atomic mass is 32.1. The number of amides is 2. The first-order valence-electron chi connectivity index (χ1n) is 10.9. The summed E-state index contributed by atoms with van der Waals surface area (Å²) in [5.41, 5.74) is 2.48. The number of nitrogens with zero attached hydrogens (tertiary/aromatic N) is 3. The Hall–Kier alpha value is -2.41. The topological polar surface area (TPSA) is 65.5 Å². The number of benzene rings is 1. The van der Waals surface area contributed by atoms with E-state index in [1.165, 1.54) is 10.4 Å². The number of aromatic nitrogens is 1. The number of hydrogen-bond acceptors (Lipinski definition) is 5. The zero-order chi connectivity index (χ0) is 20.9. The van der Waals surface area contributed by atoms with E-state index >= 15 is 0 Å². The number of anilines is 1. The molecule has 7 heteroatoms. The fourth-order valence-corrected chi connectivity index (χ4v) is 5.46. The number of piperazine rings is 1. The van der Waals surface area contributed by atoms with E-state index in [0.717, 1.165) is 75.7 Å². The van der Waals surface area contributed by atoms with Crippen LogP contribution in [0, 0.1) is 5.92 Å². The minimum atomic E-state index is 0.0529. The molecule has 4 rings (SSSR count). The number of aryl methyl sites for hydroxylation is 2. The Morgan fingerprint density at radius 3 is 2.67 bits per heavy atom. The third-order valence-electron chi connectivity index (χ3n) is 6.08. The van der Waals surface area contributed by atoms with Crippen LogP contribution in [0.3, 0.4) is 0 Å². The van der Waals surface area contributed by atoms with Gasteiger partial charge in [0.1, 0.15) is 0 Å². The number of hydrogen-bond donors (Lipinski definition) is 1. The summed E-state index contributed by atoms with van der Waals surface area (Å²) in [5.74, 6) is 0.376. The van der Waals surface area contributed by atoms with Crippen molar-refractivity contribution in [3.05, 3.63) is 46.5 Å². The van der Waals surface area contributed by atoms with Crippen LogP contribution in [-0.4, -0.2) is 54.4 Å². The lowest BCUT2D eigenvalue weighted by Gasteiger charge is -2.33. The molecule has 6 nitrogen and oxygen atoms in total. The molecule has 1 saturated heterocycles. The molecule has 1 aromatic heterocycles. The van der Waals surface area contributed by atoms with Crippen LogP contribution in [0.25, 0.3) is 0 Å². The van der Waals surface area contributed by atoms with Gasteiger partial charge in [0.15, 0.2) is 5.13 Å². The third-order valence-corrected chi connectivity index (χ3v) is 7.26. The molecule has 1 aliphatic heterocycles. The molecule has 0 spiro atoms. The average molecular weight is 427 g/mol. The van der Waals surface area contributed by atoms with Crippen molar-refractivity contribution in [1.29, 1.82) is 0 Å². The van der Waals surface area contributed by atoms with Gasteiger partial charge in [-0.15, -0.1) is 11.3 Å². The highest BCUT2D eigenvalue weighted by Gasteiger charge is 2.29. The molecule has 2 amide bonds. The largest absolute Gasteiger partial charge is 0.356 e. The Balaban J connectivity index is 1.25. The number of carbonyl (C=O) groups is 2. The van der Waals surface area contributed by atoms with Crippen LogP contribution in [-0.2, 0) is 28.9 Å². The molecule has 1 aliphatic carbocycles. The normalized spacial score (nSPS) is 18.8. The van der Waals surface area contributed by atoms with Gasteiger partial charge in [0, 0.05) is 50.4 Å². The standard InChI is InChI=1S/C23H30N4O2S/c1-17(28)26-12-14-27(15-13-26)23-25-20-10-9-19(16-21(20)30-23)22(29)24-11-5-8-18-6-3-2-4-7-18/h2-4,6-7,19H,5,8-16H2,1H3,(H,24,29). The van der Waals surface area contributed by atoms with Crippen molar-refractivity contribution in [2.75, 3.05) is 37.6 Å². The van der Waals surface area contributed by atoms with Gasteiger partial charge in [-0.3, -0.25) is 9.59 Å². The minimum Gasteiger partial charge on any atom is -0.356 e. The first-order valence-corrected chi connectivity index (χ1v) is 11.7. The highest BCUT2D eigenvalue weighted by Crippen LogP contribution is 2.34. The van der Waals surface area contributed by atoms with Crippen LogP contribution in [0.5, 0.6) is 0 Å². The van der Waals surface area contributed by atoms with E-state index in [2.05, 4.69) is 34.5 Å². The third kappa shape index (κ3) is 5.01. The van der Waals surface area contributed by atoms with E-state index < -0.39 is 0 Å². The molecular weight excluding hydrogens is 396 g/mol. The van der Waals surface area contributed by atoms with E-state index in [1.807, 2.05) is 11.0 Å². The van der Waals surface area contributed by atoms with Gasteiger partial charge in [0.25, 0.3) is 0 Å². The van der Waals surface area contributed by atoms with Crippen molar-refractivity contribution >= 4 is 28.3 Å². The van der Waals surface area contributed by atoms with E-state index in [9.17, 15) is 9.59 Å². The van der Waals surface area contributed by atoms with Crippen LogP contribution < -0.4 is 10.2 Å². The Bertz CT molecular complexity index is 875. The molecule has 0 radical (unpaired) electrons. The fourth-order valence-electron chi connectivity index (χ4n) is 4.23. The molecule has 160 valence electrons. The molecule has 0 bridgehead atoms. The second-order valence-corrected chi connectivity index (χ2v) is 9.24. The predicted molar refractivity (Wildman–Crippen MR) is 120 cm³/mol. The first-order chi connectivity index (χ1) is 14.6. The zero-order valence-electron chi connectivity index (χ0n) is 17.6. The van der Waals surface area contributed by atoms with Crippen molar-refractivity contribution in [2.24, 2.45) is 5.92 Å². The van der Waals surface area contributed by atoms with E-state index in [0.29, 0.717) is 0 Å². The first kappa shape index (κ1) is 20.8. The lowest BCUT2D eigenvalue weighted by Crippen LogP contribution is -2.48. The lowest BCUT2D eigenvalue weighted by molar-refractivity contribution is -0.129. The zero-order valence-corrected chi connectivity index (χ0v) is 18.4. The van der Waals surface area contributed by atoms with Crippen LogP contribution in [0.4, 0.5) is 5.13 Å². The van der Waals surface area contributed by atoms with Gasteiger partial charge in [0.05, 0.1) is 5.69 Å². The molecule has 0 saturated carbocycles. The number of carbonyl (C=O) groups excluding carboxylic acids is 2. The Morgan fingerprint density at radius 2 is 1.93 bits per heavy atom. The molecule has 1 atom stereocenters. The second-order valence-electron chi connectivity index (χ2n) is 8.18. The van der Waals surface area contributed by atoms with Gasteiger partial charge in [-0.25, -0.2) is 4.98 Å². The van der Waals surface area contributed by atoms with Gasteiger partial charge < -0.3 is 15.1 Å². The fraction of sp³-hybridized carbons (Fsp3) is 0.522. The van der Waals surface area contributed by atoms with Crippen LogP contribution in [0.2, 0.25) is 0 Å². The highest BCUT2D eigenvalue weighted by molar-refractivity contribution is 7.15. The van der Waals surface area contributed by atoms with Crippen LogP contribution in [0.1, 0.15) is 35.9 Å². The molecule has 1 N–H and O–H groups in total. The second kappa shape index (κ2) is 9.60. The summed E-state index contributed by atoms with van der Waals surface area (Å²) in [6.07, 6.45) is 4.50. The molecule has 2 aliphatic rings. The summed E-state index contributed by atoms with van der Waals surface area (Å²) in [7, 11) is 0. The van der Waals surface area contributed by atoms with Crippen molar-refractivity contribution in [1.82, 2.24) is 15.2 Å². The van der Waals surface area contributed by atoms with E-state index in [1.54, 1.807) is 18.3 Å². The lowest BCUT2D eigenvalue weighted by atomic mass is 9.90. The minimum absolute atomic E-state index is 0.0529. The maximum atomic E-state index is 12.7. The molecule has 1 unspecified atom stereocenters. The number of thiazole rings is 1. The summed E-state index contributed by atoms with van der Waals surface area (Å²) in [4.78, 5) is 34.5. The van der Waals surface area contributed by atoms with Gasteiger partial charge >= 0.3 is 0 Å². The summed E-state index contributed by atoms with van der Waals surface area (Å²) in [6.45, 7) is 5.53. The van der Waals surface area contributed by atoms with E-state index in [4.69, 9.17) is 4.98 Å². The van der Waals surface area contributed by atoms with Crippen molar-refractivity contribution in [3.63, 3.8) is 0 Å². The smallest absolute Gasteiger partial charge is 0.223 e. The number of fused-ring (bicyclic) bond motifs is 1. The molecule has 2 heterocycles. The summed E-state index contributed by atoms with van der Waals surface area (Å²) >= 11 is 1.73. The quantitative estimate of drug-likeness (QED) is 0.722. The van der Waals surface area contributed by atoms with E-state index in [-0.39, 0.29) is 17.7 Å². The Labute approximate surface area is 182 Å². The SMILES string of the molecule is CC(=O)N1CCN(c2nc3c(s2)CC(C(=O)NCCCc2ccccc2)CC3)CC1. The van der Waals surface area contributed by atoms with Crippen LogP contribution in [0.15, 0.2) is 30.3 Å². The number of rotatable bonds is 6. The van der Waals surface area contributed by atoms with Crippen LogP contribution >= 0.6 is 11.3 Å². The maximum Gasteiger partial charge on any atom is 0.223 e. The van der Waals surface area contributed by atoms with Crippen molar-refractivity contribution in [2.45, 2.75) is 39.0 Å². The van der Waals surface area contributed by atoms with Crippen molar-refractivity contribution < 1.29 is 9.59 Å². The predicted octanol–water partition coefficient (Wildman–Crippen LogP) is 2.67. The molecule has 2 aromatic rings. The monoisotopic (exact) mass is 426 g/mol. The summed E-state index contributed by atoms with van der Waals surface area (Å²) in [5, 5.41) is 4.18. The van der Waals surface area contributed by atoms with Gasteiger partial charge in [-0.2, -0.15) is 0 Å². The van der Waals surface area contributed by atoms with Gasteiger partial charge in [-0.1, -0.05) is 30.3 Å². The van der Waals surface area contributed by atoms with Crippen molar-refractivity contribution in [3.8, 4) is 0 Å². The maximum absolute atomic E-state index is 12.7. The average Bonchev–Trinajstić information content (AvgIpc) is 3.21.